The largest absolute Gasteiger partial charge is 0.332 e. The molecule has 1 N–H and O–H groups in total. The van der Waals surface area contributed by atoms with Gasteiger partial charge in [0.25, 0.3) is 0 Å². The smallest absolute Gasteiger partial charge is 0.123 e. The number of nitrogens with one attached hydrogen (secondary N) is 1. The summed E-state index contributed by atoms with van der Waals surface area (Å²) in [7, 11) is -1.33. The molecule has 0 radical (unpaired) electrons. The molecule has 2 heteroatoms. The predicted octanol–water partition coefficient (Wildman–Crippen LogP) is 4.10. The summed E-state index contributed by atoms with van der Waals surface area (Å²) in [6.07, 6.45) is 2.19. The normalized spacial score (nSPS) is 14.2. The molecule has 0 rings (SSSR count). The maximum atomic E-state index is 3.92. The Bertz CT molecular complexity index is 256. The first-order chi connectivity index (χ1) is 6.52. The average Bonchev–Trinajstić information content (AvgIpc) is 1.73. The number of hydrogen-bond donors (Lipinski definition) is 1. The third-order valence-electron chi connectivity index (χ3n) is 1.93. The zero-order valence-electron chi connectivity index (χ0n) is 11.5. The van der Waals surface area contributed by atoms with Crippen molar-refractivity contribution in [3.05, 3.63) is 23.8 Å². The van der Waals surface area contributed by atoms with Crippen molar-refractivity contribution in [2.45, 2.75) is 59.3 Å². The molecular formula is C13H27NSi. The number of rotatable bonds is 4. The summed E-state index contributed by atoms with van der Waals surface area (Å²) in [6.45, 7) is 19.6. The lowest BCUT2D eigenvalue weighted by Crippen LogP contribution is -2.54. The Kier molecular flexibility index (Phi) is 5.01. The molecule has 1 nitrogen and oxygen atoms in total. The fraction of sp³-hybridized carbons (Fsp3) is 0.692. The Morgan fingerprint density at radius 2 is 1.73 bits per heavy atom. The van der Waals surface area contributed by atoms with Gasteiger partial charge in [0.1, 0.15) is 8.24 Å². The van der Waals surface area contributed by atoms with Gasteiger partial charge in [0.05, 0.1) is 0 Å². The molecule has 0 spiro atoms. The van der Waals surface area contributed by atoms with Gasteiger partial charge in [-0.05, 0) is 40.7 Å². The number of allylic oxidation sites excluding steroid dienone is 3. The van der Waals surface area contributed by atoms with Crippen molar-refractivity contribution < 1.29 is 0 Å². The minimum atomic E-state index is -1.33. The molecule has 0 saturated heterocycles. The molecule has 0 atom stereocenters. The second-order valence-corrected chi connectivity index (χ2v) is 10.6. The second-order valence-electron chi connectivity index (χ2n) is 6.27. The average molecular weight is 225 g/mol. The van der Waals surface area contributed by atoms with Crippen LogP contribution in [0, 0.1) is 0 Å². The second kappa shape index (κ2) is 5.13. The topological polar surface area (TPSA) is 12.0 Å². The first kappa shape index (κ1) is 14.7. The summed E-state index contributed by atoms with van der Waals surface area (Å²) in [5.41, 5.74) is 2.81. The van der Waals surface area contributed by atoms with E-state index >= 15 is 0 Å². The van der Waals surface area contributed by atoms with Gasteiger partial charge in [0, 0.05) is 5.54 Å². The molecule has 0 aromatic carbocycles. The van der Waals surface area contributed by atoms with Crippen molar-refractivity contribution in [2.75, 3.05) is 0 Å². The summed E-state index contributed by atoms with van der Waals surface area (Å²) in [5.74, 6) is 0. The first-order valence-electron chi connectivity index (χ1n) is 5.64. The molecule has 88 valence electrons. The molecule has 15 heavy (non-hydrogen) atoms. The summed E-state index contributed by atoms with van der Waals surface area (Å²) < 4.78 is 0. The van der Waals surface area contributed by atoms with Crippen molar-refractivity contribution in [3.8, 4) is 0 Å². The Morgan fingerprint density at radius 1 is 1.27 bits per heavy atom. The Hall–Kier alpha value is -0.343. The Morgan fingerprint density at radius 3 is 2.07 bits per heavy atom. The molecule has 0 saturated carbocycles. The fourth-order valence-electron chi connectivity index (χ4n) is 2.23. The molecule has 0 unspecified atom stereocenters. The monoisotopic (exact) mass is 225 g/mol. The minimum absolute atomic E-state index is 0.221. The Labute approximate surface area is 96.8 Å². The van der Waals surface area contributed by atoms with E-state index in [-0.39, 0.29) is 5.54 Å². The van der Waals surface area contributed by atoms with Crippen LogP contribution in [0.5, 0.6) is 0 Å². The first-order valence-corrected chi connectivity index (χ1v) is 8.85. The van der Waals surface area contributed by atoms with Crippen LogP contribution in [0.15, 0.2) is 23.8 Å². The van der Waals surface area contributed by atoms with Gasteiger partial charge in [-0.2, -0.15) is 0 Å². The lowest BCUT2D eigenvalue weighted by Gasteiger charge is -2.33. The highest BCUT2D eigenvalue weighted by Crippen LogP contribution is 2.18. The highest BCUT2D eigenvalue weighted by Gasteiger charge is 2.26. The van der Waals surface area contributed by atoms with E-state index in [1.807, 2.05) is 0 Å². The van der Waals surface area contributed by atoms with Crippen LogP contribution in [-0.2, 0) is 0 Å². The molecule has 0 fully saturated rings. The summed E-state index contributed by atoms with van der Waals surface area (Å²) in [5, 5.41) is 0. The van der Waals surface area contributed by atoms with Gasteiger partial charge < -0.3 is 4.98 Å². The van der Waals surface area contributed by atoms with Gasteiger partial charge in [-0.25, -0.2) is 0 Å². The highest BCUT2D eigenvalue weighted by molar-refractivity contribution is 6.75. The van der Waals surface area contributed by atoms with Gasteiger partial charge in [0.2, 0.25) is 0 Å². The van der Waals surface area contributed by atoms with Crippen molar-refractivity contribution in [1.82, 2.24) is 4.98 Å². The molecule has 0 aliphatic carbocycles. The van der Waals surface area contributed by atoms with Crippen LogP contribution in [0.4, 0.5) is 0 Å². The van der Waals surface area contributed by atoms with Crippen LogP contribution in [-0.4, -0.2) is 13.8 Å². The van der Waals surface area contributed by atoms with E-state index < -0.39 is 8.24 Å². The SMILES string of the molecule is C=C(C)/C=C(\C)C[Si](C)(C)NC(C)(C)C. The molecule has 0 amide bonds. The van der Waals surface area contributed by atoms with Crippen LogP contribution in [0.1, 0.15) is 34.6 Å². The fourth-order valence-corrected chi connectivity index (χ4v) is 5.84. The van der Waals surface area contributed by atoms with Crippen molar-refractivity contribution in [1.29, 1.82) is 0 Å². The van der Waals surface area contributed by atoms with E-state index in [0.29, 0.717) is 0 Å². The van der Waals surface area contributed by atoms with E-state index in [1.54, 1.807) is 0 Å². The molecule has 0 bridgehead atoms. The van der Waals surface area contributed by atoms with E-state index in [1.165, 1.54) is 11.6 Å². The molecule has 0 aromatic heterocycles. The highest BCUT2D eigenvalue weighted by atomic mass is 28.3. The van der Waals surface area contributed by atoms with Crippen LogP contribution in [0.25, 0.3) is 0 Å². The van der Waals surface area contributed by atoms with E-state index in [9.17, 15) is 0 Å². The van der Waals surface area contributed by atoms with Crippen molar-refractivity contribution in [2.24, 2.45) is 0 Å². The molecule has 0 aliphatic rings. The van der Waals surface area contributed by atoms with Crippen LogP contribution in [0.3, 0.4) is 0 Å². The molecule has 0 aliphatic heterocycles. The molecule has 0 heterocycles. The van der Waals surface area contributed by atoms with Crippen molar-refractivity contribution >= 4 is 8.24 Å². The zero-order chi connectivity index (χ0) is 12.3. The van der Waals surface area contributed by atoms with E-state index in [0.717, 1.165) is 5.57 Å². The minimum Gasteiger partial charge on any atom is -0.332 e. The zero-order valence-corrected chi connectivity index (χ0v) is 12.5. The lowest BCUT2D eigenvalue weighted by atomic mass is 10.1. The summed E-state index contributed by atoms with van der Waals surface area (Å²) in [4.78, 5) is 3.77. The lowest BCUT2D eigenvalue weighted by molar-refractivity contribution is 0.512. The third-order valence-corrected chi connectivity index (χ3v) is 4.80. The van der Waals surface area contributed by atoms with Crippen LogP contribution >= 0.6 is 0 Å². The van der Waals surface area contributed by atoms with E-state index in [4.69, 9.17) is 0 Å². The van der Waals surface area contributed by atoms with Crippen molar-refractivity contribution in [3.63, 3.8) is 0 Å². The summed E-state index contributed by atoms with van der Waals surface area (Å²) >= 11 is 0. The van der Waals surface area contributed by atoms with E-state index in [2.05, 4.69) is 65.4 Å². The van der Waals surface area contributed by atoms with Gasteiger partial charge in [-0.3, -0.25) is 0 Å². The maximum Gasteiger partial charge on any atom is 0.123 e. The third kappa shape index (κ3) is 8.64. The quantitative estimate of drug-likeness (QED) is 0.561. The molecular weight excluding hydrogens is 198 g/mol. The van der Waals surface area contributed by atoms with Gasteiger partial charge in [-0.15, -0.1) is 0 Å². The standard InChI is InChI=1S/C13H27NSi/c1-11(2)9-12(3)10-15(7,8)14-13(4,5)6/h9,14H,1,10H2,2-8H3/b12-9+. The Balaban J connectivity index is 4.44. The van der Waals surface area contributed by atoms with Gasteiger partial charge in [-0.1, -0.05) is 36.9 Å². The summed E-state index contributed by atoms with van der Waals surface area (Å²) in [6, 6.07) is 1.19. The van der Waals surface area contributed by atoms with Crippen LogP contribution < -0.4 is 4.98 Å². The van der Waals surface area contributed by atoms with Crippen LogP contribution in [0.2, 0.25) is 19.1 Å². The maximum absolute atomic E-state index is 3.92. The molecule has 0 aromatic rings. The van der Waals surface area contributed by atoms with Gasteiger partial charge in [0.15, 0.2) is 0 Å². The van der Waals surface area contributed by atoms with Gasteiger partial charge >= 0.3 is 0 Å². The predicted molar refractivity (Wildman–Crippen MR) is 73.7 cm³/mol. The number of hydrogen-bond acceptors (Lipinski definition) is 1.